The molecule has 0 aliphatic carbocycles. The lowest BCUT2D eigenvalue weighted by Crippen LogP contribution is -2.37. The minimum atomic E-state index is -0.676. The molecule has 1 amide bonds. The number of ether oxygens (including phenoxy) is 2. The van der Waals surface area contributed by atoms with Crippen LogP contribution >= 0.6 is 11.6 Å². The Labute approximate surface area is 208 Å². The molecule has 35 heavy (non-hydrogen) atoms. The van der Waals surface area contributed by atoms with E-state index in [0.717, 1.165) is 34.0 Å². The van der Waals surface area contributed by atoms with Crippen LogP contribution in [-0.4, -0.2) is 28.7 Å². The van der Waals surface area contributed by atoms with Crippen LogP contribution < -0.4 is 10.1 Å². The molecule has 7 nitrogen and oxygen atoms in total. The van der Waals surface area contributed by atoms with Crippen LogP contribution in [0.3, 0.4) is 0 Å². The minimum Gasteiger partial charge on any atom is -0.462 e. The van der Waals surface area contributed by atoms with E-state index in [1.807, 2.05) is 66.7 Å². The van der Waals surface area contributed by atoms with E-state index < -0.39 is 12.1 Å². The Kier molecular flexibility index (Phi) is 7.80. The number of halogens is 1. The second kappa shape index (κ2) is 11.4. The maximum atomic E-state index is 11.9. The molecule has 0 fully saturated rings. The van der Waals surface area contributed by atoms with Crippen LogP contribution in [0.2, 0.25) is 5.02 Å². The molecule has 178 valence electrons. The summed E-state index contributed by atoms with van der Waals surface area (Å²) in [6, 6.07) is 25.5. The second-order valence-corrected chi connectivity index (χ2v) is 8.36. The third-order valence-corrected chi connectivity index (χ3v) is 5.58. The van der Waals surface area contributed by atoms with Crippen molar-refractivity contribution in [3.8, 4) is 22.8 Å². The maximum absolute atomic E-state index is 11.9. The molecule has 4 rings (SSSR count). The van der Waals surface area contributed by atoms with Gasteiger partial charge >= 0.3 is 0 Å². The third kappa shape index (κ3) is 6.49. The van der Waals surface area contributed by atoms with Gasteiger partial charge in [0.1, 0.15) is 17.6 Å². The van der Waals surface area contributed by atoms with Crippen molar-refractivity contribution in [3.63, 3.8) is 0 Å². The first-order valence-corrected chi connectivity index (χ1v) is 11.4. The molecule has 1 aromatic heterocycles. The number of aromatic amines is 1. The van der Waals surface area contributed by atoms with E-state index in [1.54, 1.807) is 18.2 Å². The standard InChI is InChI=1S/C27H24ClN3O4/c1-18(33)29-27(20-6-5-7-21(28)14-20)26(34-17-32)16-22-15-25(31-30-22)19-10-12-24(13-11-19)35-23-8-3-2-4-9-23/h2-15,17,26-27H,16H2,1H3,(H,29,33)(H,30,31). The molecule has 0 aliphatic rings. The predicted octanol–water partition coefficient (Wildman–Crippen LogP) is 5.48. The van der Waals surface area contributed by atoms with E-state index in [-0.39, 0.29) is 5.91 Å². The van der Waals surface area contributed by atoms with E-state index in [4.69, 9.17) is 21.1 Å². The van der Waals surface area contributed by atoms with Gasteiger partial charge < -0.3 is 14.8 Å². The van der Waals surface area contributed by atoms with Crippen LogP contribution in [0.5, 0.6) is 11.5 Å². The van der Waals surface area contributed by atoms with Gasteiger partial charge in [-0.25, -0.2) is 0 Å². The fourth-order valence-electron chi connectivity index (χ4n) is 3.78. The van der Waals surface area contributed by atoms with Crippen LogP contribution in [0.25, 0.3) is 11.3 Å². The molecule has 8 heteroatoms. The van der Waals surface area contributed by atoms with Gasteiger partial charge in [0.25, 0.3) is 6.47 Å². The van der Waals surface area contributed by atoms with Gasteiger partial charge in [-0.15, -0.1) is 0 Å². The van der Waals surface area contributed by atoms with Gasteiger partial charge in [0.2, 0.25) is 5.91 Å². The SMILES string of the molecule is CC(=O)NC(c1cccc(Cl)c1)C(Cc1cc(-c2ccc(Oc3ccccc3)cc2)n[nH]1)OC=O. The highest BCUT2D eigenvalue weighted by Gasteiger charge is 2.27. The second-order valence-electron chi connectivity index (χ2n) is 7.93. The van der Waals surface area contributed by atoms with Gasteiger partial charge in [-0.3, -0.25) is 14.7 Å². The summed E-state index contributed by atoms with van der Waals surface area (Å²) in [7, 11) is 0. The van der Waals surface area contributed by atoms with E-state index in [2.05, 4.69) is 15.5 Å². The summed E-state index contributed by atoms with van der Waals surface area (Å²) in [6.07, 6.45) is -0.372. The quantitative estimate of drug-likeness (QED) is 0.287. The molecule has 1 heterocycles. The predicted molar refractivity (Wildman–Crippen MR) is 133 cm³/mol. The number of hydrogen-bond donors (Lipinski definition) is 2. The molecule has 0 bridgehead atoms. The van der Waals surface area contributed by atoms with Gasteiger partial charge in [0.15, 0.2) is 0 Å². The number of hydrogen-bond acceptors (Lipinski definition) is 5. The number of aromatic nitrogens is 2. The van der Waals surface area contributed by atoms with Crippen LogP contribution in [0.4, 0.5) is 0 Å². The third-order valence-electron chi connectivity index (χ3n) is 5.35. The van der Waals surface area contributed by atoms with E-state index in [9.17, 15) is 9.59 Å². The van der Waals surface area contributed by atoms with Crippen molar-refractivity contribution in [3.05, 3.63) is 101 Å². The van der Waals surface area contributed by atoms with Crippen LogP contribution in [0.1, 0.15) is 24.2 Å². The lowest BCUT2D eigenvalue weighted by molar-refractivity contribution is -0.136. The zero-order valence-electron chi connectivity index (χ0n) is 19.0. The van der Waals surface area contributed by atoms with E-state index in [0.29, 0.717) is 17.9 Å². The minimum absolute atomic E-state index is 0.252. The van der Waals surface area contributed by atoms with Crippen molar-refractivity contribution in [2.45, 2.75) is 25.5 Å². The number of carbonyl (C=O) groups excluding carboxylic acids is 2. The Morgan fingerprint density at radius 1 is 1.03 bits per heavy atom. The molecule has 0 aliphatic heterocycles. The van der Waals surface area contributed by atoms with Crippen molar-refractivity contribution in [2.24, 2.45) is 0 Å². The number of para-hydroxylation sites is 1. The number of carbonyl (C=O) groups is 2. The molecule has 2 atom stereocenters. The highest BCUT2D eigenvalue weighted by atomic mass is 35.5. The molecule has 0 radical (unpaired) electrons. The Hall–Kier alpha value is -4.10. The number of nitrogens with zero attached hydrogens (tertiary/aromatic N) is 1. The van der Waals surface area contributed by atoms with E-state index >= 15 is 0 Å². The summed E-state index contributed by atoms with van der Waals surface area (Å²) in [6.45, 7) is 1.79. The van der Waals surface area contributed by atoms with Crippen LogP contribution in [0, 0.1) is 0 Å². The summed E-state index contributed by atoms with van der Waals surface area (Å²) in [5.41, 5.74) is 3.10. The number of H-pyrrole nitrogens is 1. The molecule has 0 spiro atoms. The average Bonchev–Trinajstić information content (AvgIpc) is 3.32. The number of benzene rings is 3. The van der Waals surface area contributed by atoms with Crippen molar-refractivity contribution in [1.29, 1.82) is 0 Å². The largest absolute Gasteiger partial charge is 0.462 e. The Morgan fingerprint density at radius 2 is 1.77 bits per heavy atom. The Morgan fingerprint density at radius 3 is 2.46 bits per heavy atom. The van der Waals surface area contributed by atoms with Gasteiger partial charge in [0, 0.05) is 29.6 Å². The van der Waals surface area contributed by atoms with Gasteiger partial charge in [-0.2, -0.15) is 5.10 Å². The zero-order chi connectivity index (χ0) is 24.6. The summed E-state index contributed by atoms with van der Waals surface area (Å²) in [4.78, 5) is 23.2. The van der Waals surface area contributed by atoms with Crippen molar-refractivity contribution >= 4 is 24.0 Å². The van der Waals surface area contributed by atoms with E-state index in [1.165, 1.54) is 6.92 Å². The number of rotatable bonds is 10. The van der Waals surface area contributed by atoms with Gasteiger partial charge in [-0.05, 0) is 60.2 Å². The van der Waals surface area contributed by atoms with Crippen molar-refractivity contribution in [1.82, 2.24) is 15.5 Å². The number of amides is 1. The monoisotopic (exact) mass is 489 g/mol. The first kappa shape index (κ1) is 24.0. The summed E-state index contributed by atoms with van der Waals surface area (Å²) >= 11 is 6.15. The van der Waals surface area contributed by atoms with Crippen molar-refractivity contribution < 1.29 is 19.1 Å². The molecular formula is C27H24ClN3O4. The topological polar surface area (TPSA) is 93.3 Å². The van der Waals surface area contributed by atoms with Gasteiger partial charge in [-0.1, -0.05) is 41.9 Å². The van der Waals surface area contributed by atoms with Gasteiger partial charge in [0.05, 0.1) is 11.7 Å². The fourth-order valence-corrected chi connectivity index (χ4v) is 3.97. The molecule has 2 N–H and O–H groups in total. The molecule has 2 unspecified atom stereocenters. The molecule has 0 saturated carbocycles. The first-order chi connectivity index (χ1) is 17.0. The molecular weight excluding hydrogens is 466 g/mol. The smallest absolute Gasteiger partial charge is 0.293 e. The zero-order valence-corrected chi connectivity index (χ0v) is 19.7. The Balaban J connectivity index is 1.51. The van der Waals surface area contributed by atoms with Crippen LogP contribution in [0.15, 0.2) is 84.9 Å². The normalized spacial score (nSPS) is 12.4. The average molecular weight is 490 g/mol. The van der Waals surface area contributed by atoms with Crippen molar-refractivity contribution in [2.75, 3.05) is 0 Å². The maximum Gasteiger partial charge on any atom is 0.293 e. The Bertz CT molecular complexity index is 1280. The number of nitrogens with one attached hydrogen (secondary N) is 2. The summed E-state index contributed by atoms with van der Waals surface area (Å²) in [5, 5.41) is 10.8. The first-order valence-electron chi connectivity index (χ1n) is 11.0. The summed E-state index contributed by atoms with van der Waals surface area (Å²) < 4.78 is 11.2. The fraction of sp³-hybridized carbons (Fsp3) is 0.148. The lowest BCUT2D eigenvalue weighted by atomic mass is 9.97. The highest BCUT2D eigenvalue weighted by Crippen LogP contribution is 2.27. The summed E-state index contributed by atoms with van der Waals surface area (Å²) in [5.74, 6) is 1.23. The highest BCUT2D eigenvalue weighted by molar-refractivity contribution is 6.30. The lowest BCUT2D eigenvalue weighted by Gasteiger charge is -2.26. The molecule has 3 aromatic carbocycles. The van der Waals surface area contributed by atoms with Crippen LogP contribution in [-0.2, 0) is 20.7 Å². The molecule has 0 saturated heterocycles. The molecule has 4 aromatic rings.